The Bertz CT molecular complexity index is 522. The number of hydrogen-bond acceptors (Lipinski definition) is 3. The van der Waals surface area contributed by atoms with E-state index in [4.69, 9.17) is 5.11 Å². The molecular weight excluding hydrogens is 246 g/mol. The van der Waals surface area contributed by atoms with Crippen molar-refractivity contribution in [3.05, 3.63) is 52.2 Å². The van der Waals surface area contributed by atoms with Gasteiger partial charge in [-0.3, -0.25) is 0 Å². The Balaban J connectivity index is 2.15. The molecule has 0 unspecified atom stereocenters. The van der Waals surface area contributed by atoms with Crippen LogP contribution in [0.5, 0.6) is 0 Å². The van der Waals surface area contributed by atoms with Gasteiger partial charge in [0.15, 0.2) is 0 Å². The lowest BCUT2D eigenvalue weighted by Gasteiger charge is -2.21. The van der Waals surface area contributed by atoms with Gasteiger partial charge in [0.1, 0.15) is 4.88 Å². The number of hydrogen-bond donors (Lipinski definition) is 1. The molecule has 2 aromatic rings. The molecule has 1 heterocycles. The minimum atomic E-state index is -0.859. The van der Waals surface area contributed by atoms with Gasteiger partial charge in [-0.25, -0.2) is 4.79 Å². The molecule has 0 amide bonds. The maximum Gasteiger partial charge on any atom is 0.345 e. The van der Waals surface area contributed by atoms with Crippen LogP contribution in [0.15, 0.2) is 41.8 Å². The first kappa shape index (κ1) is 12.6. The van der Waals surface area contributed by atoms with Gasteiger partial charge in [0.2, 0.25) is 0 Å². The van der Waals surface area contributed by atoms with Crippen LogP contribution in [-0.4, -0.2) is 17.6 Å². The van der Waals surface area contributed by atoms with E-state index in [9.17, 15) is 4.79 Å². The fourth-order valence-corrected chi connectivity index (χ4v) is 2.55. The summed E-state index contributed by atoms with van der Waals surface area (Å²) >= 11 is 1.27. The van der Waals surface area contributed by atoms with Crippen molar-refractivity contribution in [3.8, 4) is 0 Å². The van der Waals surface area contributed by atoms with Gasteiger partial charge in [-0.1, -0.05) is 30.3 Å². The molecule has 3 nitrogen and oxygen atoms in total. The Morgan fingerprint density at radius 1 is 1.33 bits per heavy atom. The lowest BCUT2D eigenvalue weighted by molar-refractivity contribution is 0.0702. The summed E-state index contributed by atoms with van der Waals surface area (Å²) in [6.45, 7) is 3.72. The van der Waals surface area contributed by atoms with Gasteiger partial charge in [-0.2, -0.15) is 0 Å². The Hall–Kier alpha value is -1.81. The molecule has 0 atom stereocenters. The second kappa shape index (κ2) is 5.69. The van der Waals surface area contributed by atoms with Gasteiger partial charge in [0, 0.05) is 24.2 Å². The van der Waals surface area contributed by atoms with E-state index in [-0.39, 0.29) is 0 Å². The third-order valence-corrected chi connectivity index (χ3v) is 3.67. The largest absolute Gasteiger partial charge is 0.477 e. The zero-order valence-corrected chi connectivity index (χ0v) is 11.0. The van der Waals surface area contributed by atoms with E-state index in [2.05, 4.69) is 24.0 Å². The zero-order valence-electron chi connectivity index (χ0n) is 10.2. The standard InChI is InChI=1S/C14H15NO2S/c1-2-15(9-11-6-4-3-5-7-11)12-8-13(14(16)17)18-10-12/h3-8,10H,2,9H2,1H3,(H,16,17). The fourth-order valence-electron chi connectivity index (χ4n) is 1.79. The summed E-state index contributed by atoms with van der Waals surface area (Å²) in [6.07, 6.45) is 0. The average molecular weight is 261 g/mol. The molecule has 0 aliphatic rings. The van der Waals surface area contributed by atoms with Crippen LogP contribution in [0.3, 0.4) is 0 Å². The molecule has 1 N–H and O–H groups in total. The van der Waals surface area contributed by atoms with Crippen molar-refractivity contribution in [3.63, 3.8) is 0 Å². The van der Waals surface area contributed by atoms with Crippen molar-refractivity contribution in [2.75, 3.05) is 11.4 Å². The highest BCUT2D eigenvalue weighted by Gasteiger charge is 2.11. The molecule has 0 saturated carbocycles. The second-order valence-corrected chi connectivity index (χ2v) is 4.89. The van der Waals surface area contributed by atoms with Crippen molar-refractivity contribution >= 4 is 23.0 Å². The average Bonchev–Trinajstić information content (AvgIpc) is 2.87. The zero-order chi connectivity index (χ0) is 13.0. The molecule has 4 heteroatoms. The molecule has 0 aliphatic carbocycles. The molecule has 0 aliphatic heterocycles. The third kappa shape index (κ3) is 2.90. The number of aromatic carboxylic acids is 1. The topological polar surface area (TPSA) is 40.5 Å². The van der Waals surface area contributed by atoms with Crippen LogP contribution in [0.25, 0.3) is 0 Å². The van der Waals surface area contributed by atoms with Crippen LogP contribution in [-0.2, 0) is 6.54 Å². The molecule has 0 fully saturated rings. The van der Waals surface area contributed by atoms with Gasteiger partial charge in [-0.15, -0.1) is 11.3 Å². The Kier molecular flexibility index (Phi) is 3.99. The monoisotopic (exact) mass is 261 g/mol. The number of rotatable bonds is 5. The van der Waals surface area contributed by atoms with E-state index in [1.54, 1.807) is 6.07 Å². The molecule has 0 bridgehead atoms. The van der Waals surface area contributed by atoms with Gasteiger partial charge in [0.05, 0.1) is 0 Å². The van der Waals surface area contributed by atoms with E-state index >= 15 is 0 Å². The fraction of sp³-hybridized carbons (Fsp3) is 0.214. The quantitative estimate of drug-likeness (QED) is 0.896. The SMILES string of the molecule is CCN(Cc1ccccc1)c1csc(C(=O)O)c1. The molecule has 0 radical (unpaired) electrons. The minimum absolute atomic E-state index is 0.386. The normalized spacial score (nSPS) is 10.3. The van der Waals surface area contributed by atoms with Crippen molar-refractivity contribution in [2.45, 2.75) is 13.5 Å². The van der Waals surface area contributed by atoms with Gasteiger partial charge >= 0.3 is 5.97 Å². The number of benzene rings is 1. The van der Waals surface area contributed by atoms with Crippen LogP contribution >= 0.6 is 11.3 Å². The maximum absolute atomic E-state index is 10.9. The van der Waals surface area contributed by atoms with E-state index in [1.165, 1.54) is 16.9 Å². The van der Waals surface area contributed by atoms with E-state index in [1.807, 2.05) is 23.6 Å². The van der Waals surface area contributed by atoms with Crippen molar-refractivity contribution in [1.29, 1.82) is 0 Å². The molecule has 18 heavy (non-hydrogen) atoms. The first-order chi connectivity index (χ1) is 8.70. The summed E-state index contributed by atoms with van der Waals surface area (Å²) in [5.74, 6) is -0.859. The van der Waals surface area contributed by atoms with E-state index in [0.717, 1.165) is 18.8 Å². The van der Waals surface area contributed by atoms with Crippen LogP contribution in [0.2, 0.25) is 0 Å². The lowest BCUT2D eigenvalue weighted by Crippen LogP contribution is -2.21. The molecule has 2 rings (SSSR count). The number of thiophene rings is 1. The number of carboxylic acids is 1. The number of carbonyl (C=O) groups is 1. The highest BCUT2D eigenvalue weighted by Crippen LogP contribution is 2.24. The summed E-state index contributed by atoms with van der Waals surface area (Å²) < 4.78 is 0. The second-order valence-electron chi connectivity index (χ2n) is 3.97. The molecular formula is C14H15NO2S. The smallest absolute Gasteiger partial charge is 0.345 e. The highest BCUT2D eigenvalue weighted by molar-refractivity contribution is 7.12. The van der Waals surface area contributed by atoms with Crippen LogP contribution < -0.4 is 4.90 Å². The predicted octanol–water partition coefficient (Wildman–Crippen LogP) is 3.47. The number of anilines is 1. The van der Waals surface area contributed by atoms with Gasteiger partial charge < -0.3 is 10.0 Å². The highest BCUT2D eigenvalue weighted by atomic mass is 32.1. The third-order valence-electron chi connectivity index (χ3n) is 2.76. The van der Waals surface area contributed by atoms with Crippen LogP contribution in [0.1, 0.15) is 22.2 Å². The summed E-state index contributed by atoms with van der Waals surface area (Å²) in [4.78, 5) is 13.4. The van der Waals surface area contributed by atoms with Crippen molar-refractivity contribution in [2.24, 2.45) is 0 Å². The summed E-state index contributed by atoms with van der Waals surface area (Å²) in [5, 5.41) is 10.8. The molecule has 0 saturated heterocycles. The van der Waals surface area contributed by atoms with Crippen molar-refractivity contribution in [1.82, 2.24) is 0 Å². The van der Waals surface area contributed by atoms with E-state index in [0.29, 0.717) is 4.88 Å². The minimum Gasteiger partial charge on any atom is -0.477 e. The summed E-state index contributed by atoms with van der Waals surface area (Å²) in [5.41, 5.74) is 2.20. The Morgan fingerprint density at radius 3 is 2.61 bits per heavy atom. The Labute approximate surface area is 110 Å². The van der Waals surface area contributed by atoms with Crippen LogP contribution in [0.4, 0.5) is 5.69 Å². The predicted molar refractivity (Wildman–Crippen MR) is 74.4 cm³/mol. The van der Waals surface area contributed by atoms with Crippen molar-refractivity contribution < 1.29 is 9.90 Å². The first-order valence-electron chi connectivity index (χ1n) is 5.81. The van der Waals surface area contributed by atoms with Gasteiger partial charge in [-0.05, 0) is 18.6 Å². The Morgan fingerprint density at radius 2 is 2.06 bits per heavy atom. The summed E-state index contributed by atoms with van der Waals surface area (Å²) in [7, 11) is 0. The first-order valence-corrected chi connectivity index (χ1v) is 6.69. The van der Waals surface area contributed by atoms with Gasteiger partial charge in [0.25, 0.3) is 0 Å². The lowest BCUT2D eigenvalue weighted by atomic mass is 10.2. The number of carboxylic acid groups (broad SMARTS) is 1. The molecule has 0 spiro atoms. The maximum atomic E-state index is 10.9. The molecule has 1 aromatic heterocycles. The van der Waals surface area contributed by atoms with Crippen LogP contribution in [0, 0.1) is 0 Å². The molecule has 1 aromatic carbocycles. The summed E-state index contributed by atoms with van der Waals surface area (Å²) in [6, 6.07) is 11.9. The number of nitrogens with zero attached hydrogens (tertiary/aromatic N) is 1. The van der Waals surface area contributed by atoms with E-state index < -0.39 is 5.97 Å². The molecule has 94 valence electrons.